The Labute approximate surface area is 129 Å². The zero-order valence-electron chi connectivity index (χ0n) is 12.5. The molecule has 3 N–H and O–H groups in total. The maximum atomic E-state index is 12.3. The highest BCUT2D eigenvalue weighted by atomic mass is 32.2. The van der Waals surface area contributed by atoms with Gasteiger partial charge in [-0.3, -0.25) is 9.69 Å². The quantitative estimate of drug-likeness (QED) is 0.729. The fourth-order valence-electron chi connectivity index (χ4n) is 1.85. The molecule has 0 spiro atoms. The molecule has 1 aromatic carbocycles. The van der Waals surface area contributed by atoms with E-state index in [1.54, 1.807) is 0 Å². The maximum absolute atomic E-state index is 12.3. The first-order valence-electron chi connectivity index (χ1n) is 6.82. The second kappa shape index (κ2) is 6.75. The number of aliphatic imine (C=N–C) groups is 1. The number of hydrogen-bond donors (Lipinski definition) is 3. The fraction of sp³-hybridized carbons (Fsp3) is 0.385. The number of carbonyl (C=O) groups is 1. The van der Waals surface area contributed by atoms with Crippen LogP contribution in [0.5, 0.6) is 0 Å². The van der Waals surface area contributed by atoms with Gasteiger partial charge in [0.05, 0.1) is 18.2 Å². The van der Waals surface area contributed by atoms with Crippen LogP contribution in [0.15, 0.2) is 34.2 Å². The van der Waals surface area contributed by atoms with Gasteiger partial charge in [0.25, 0.3) is 10.0 Å². The number of hydrogen-bond acceptors (Lipinski definition) is 6. The van der Waals surface area contributed by atoms with Crippen LogP contribution in [-0.4, -0.2) is 45.1 Å². The van der Waals surface area contributed by atoms with Crippen LogP contribution in [0.25, 0.3) is 0 Å². The molecule has 0 atom stereocenters. The monoisotopic (exact) mass is 325 g/mol. The first-order chi connectivity index (χ1) is 10.4. The molecule has 1 aliphatic rings. The first kappa shape index (κ1) is 16.2. The normalized spacial score (nSPS) is 15.6. The fourth-order valence-corrected chi connectivity index (χ4v) is 2.85. The molecule has 0 fully saturated rings. The van der Waals surface area contributed by atoms with Gasteiger partial charge in [0.2, 0.25) is 11.9 Å². The Hall–Kier alpha value is -2.13. The predicted molar refractivity (Wildman–Crippen MR) is 83.8 cm³/mol. The molecule has 1 aliphatic heterocycles. The van der Waals surface area contributed by atoms with Crippen LogP contribution in [0.4, 0.5) is 5.69 Å². The highest BCUT2D eigenvalue weighted by Gasteiger charge is 2.18. The lowest BCUT2D eigenvalue weighted by atomic mass is 10.3. The highest BCUT2D eigenvalue weighted by molar-refractivity contribution is 7.90. The van der Waals surface area contributed by atoms with Gasteiger partial charge in [0, 0.05) is 12.6 Å². The third kappa shape index (κ3) is 4.18. The van der Waals surface area contributed by atoms with E-state index in [4.69, 9.17) is 0 Å². The van der Waals surface area contributed by atoms with E-state index in [9.17, 15) is 13.2 Å². The third-order valence-electron chi connectivity index (χ3n) is 3.06. The second-order valence-corrected chi connectivity index (χ2v) is 6.46. The van der Waals surface area contributed by atoms with Crippen molar-refractivity contribution < 1.29 is 13.2 Å². The van der Waals surface area contributed by atoms with Gasteiger partial charge in [0.15, 0.2) is 0 Å². The molecule has 0 radical (unpaired) electrons. The van der Waals surface area contributed by atoms with E-state index < -0.39 is 10.0 Å². The molecule has 0 saturated carbocycles. The number of guanidine groups is 1. The Bertz CT molecular complexity index is 669. The van der Waals surface area contributed by atoms with Crippen LogP contribution in [0.1, 0.15) is 13.8 Å². The third-order valence-corrected chi connectivity index (χ3v) is 4.42. The number of carbonyl (C=O) groups excluding carboxylic acids is 1. The van der Waals surface area contributed by atoms with E-state index in [1.165, 1.54) is 31.2 Å². The minimum atomic E-state index is -3.70. The average Bonchev–Trinajstić information content (AvgIpc) is 2.47. The van der Waals surface area contributed by atoms with Crippen molar-refractivity contribution in [3.8, 4) is 0 Å². The lowest BCUT2D eigenvalue weighted by molar-refractivity contribution is -0.114. The highest BCUT2D eigenvalue weighted by Crippen LogP contribution is 2.14. The summed E-state index contributed by atoms with van der Waals surface area (Å²) in [5.41, 5.74) is 0.540. The molecule has 22 heavy (non-hydrogen) atoms. The summed E-state index contributed by atoms with van der Waals surface area (Å²) in [5, 5.41) is 5.49. The van der Waals surface area contributed by atoms with Gasteiger partial charge < -0.3 is 10.6 Å². The van der Waals surface area contributed by atoms with Crippen LogP contribution in [0, 0.1) is 0 Å². The number of nitrogens with one attached hydrogen (secondary N) is 3. The predicted octanol–water partition coefficient (Wildman–Crippen LogP) is 0.119. The van der Waals surface area contributed by atoms with Gasteiger partial charge in [-0.15, -0.1) is 0 Å². The lowest BCUT2D eigenvalue weighted by Crippen LogP contribution is -2.49. The van der Waals surface area contributed by atoms with Crippen LogP contribution >= 0.6 is 0 Å². The SMILES string of the molecule is CCN1CN=C(NS(=O)(=O)c2ccc(NC(C)=O)cc2)NC1. The topological polar surface area (TPSA) is 103 Å². The average molecular weight is 325 g/mol. The molecular formula is C13H19N5O3S. The van der Waals surface area contributed by atoms with E-state index >= 15 is 0 Å². The lowest BCUT2D eigenvalue weighted by Gasteiger charge is -2.25. The summed E-state index contributed by atoms with van der Waals surface area (Å²) in [6.45, 7) is 5.21. The van der Waals surface area contributed by atoms with Crippen molar-refractivity contribution in [3.05, 3.63) is 24.3 Å². The van der Waals surface area contributed by atoms with E-state index in [0.29, 0.717) is 19.0 Å². The Morgan fingerprint density at radius 2 is 2.05 bits per heavy atom. The van der Waals surface area contributed by atoms with Crippen LogP contribution in [0.2, 0.25) is 0 Å². The number of anilines is 1. The van der Waals surface area contributed by atoms with Crippen LogP contribution in [-0.2, 0) is 14.8 Å². The zero-order valence-corrected chi connectivity index (χ0v) is 13.3. The standard InChI is InChI=1S/C13H19N5O3S/c1-3-18-8-14-13(15-9-18)17-22(20,21)12-6-4-11(5-7-12)16-10(2)19/h4-7H,3,8-9H2,1-2H3,(H,16,19)(H2,14,15,17). The summed E-state index contributed by atoms with van der Waals surface area (Å²) in [4.78, 5) is 17.2. The number of sulfonamides is 1. The van der Waals surface area contributed by atoms with Crippen molar-refractivity contribution in [1.29, 1.82) is 0 Å². The molecule has 0 saturated heterocycles. The summed E-state index contributed by atoms with van der Waals surface area (Å²) in [7, 11) is -3.70. The molecule has 0 aromatic heterocycles. The summed E-state index contributed by atoms with van der Waals surface area (Å²) in [5.74, 6) is 0.0191. The molecule has 1 amide bonds. The summed E-state index contributed by atoms with van der Waals surface area (Å²) in [6, 6.07) is 5.92. The van der Waals surface area contributed by atoms with Gasteiger partial charge in [-0.05, 0) is 30.8 Å². The van der Waals surface area contributed by atoms with E-state index in [1.807, 2.05) is 11.8 Å². The van der Waals surface area contributed by atoms with Crippen molar-refractivity contribution >= 4 is 27.6 Å². The number of amides is 1. The number of nitrogens with zero attached hydrogens (tertiary/aromatic N) is 2. The van der Waals surface area contributed by atoms with Gasteiger partial charge in [-0.25, -0.2) is 18.1 Å². The van der Waals surface area contributed by atoms with Crippen molar-refractivity contribution in [3.63, 3.8) is 0 Å². The van der Waals surface area contributed by atoms with Crippen LogP contribution in [0.3, 0.4) is 0 Å². The minimum absolute atomic E-state index is 0.101. The number of benzene rings is 1. The molecular weight excluding hydrogens is 306 g/mol. The van der Waals surface area contributed by atoms with Crippen molar-refractivity contribution in [2.45, 2.75) is 18.7 Å². The van der Waals surface area contributed by atoms with E-state index in [0.717, 1.165) is 6.54 Å². The van der Waals surface area contributed by atoms with E-state index in [-0.39, 0.29) is 16.8 Å². The summed E-state index contributed by atoms with van der Waals surface area (Å²) >= 11 is 0. The molecule has 0 aliphatic carbocycles. The molecule has 8 nitrogen and oxygen atoms in total. The Morgan fingerprint density at radius 3 is 2.55 bits per heavy atom. The van der Waals surface area contributed by atoms with Gasteiger partial charge in [-0.1, -0.05) is 6.92 Å². The van der Waals surface area contributed by atoms with Crippen molar-refractivity contribution in [2.24, 2.45) is 4.99 Å². The maximum Gasteiger partial charge on any atom is 0.264 e. The second-order valence-electron chi connectivity index (χ2n) is 4.78. The summed E-state index contributed by atoms with van der Waals surface area (Å²) < 4.78 is 26.9. The Morgan fingerprint density at radius 1 is 1.36 bits per heavy atom. The minimum Gasteiger partial charge on any atom is -0.343 e. The van der Waals surface area contributed by atoms with Gasteiger partial charge in [-0.2, -0.15) is 0 Å². The smallest absolute Gasteiger partial charge is 0.264 e. The van der Waals surface area contributed by atoms with Crippen molar-refractivity contribution in [2.75, 3.05) is 25.2 Å². The van der Waals surface area contributed by atoms with Gasteiger partial charge in [0.1, 0.15) is 0 Å². The van der Waals surface area contributed by atoms with Gasteiger partial charge >= 0.3 is 0 Å². The Kier molecular flexibility index (Phi) is 4.99. The Balaban J connectivity index is 2.07. The molecule has 2 rings (SSSR count). The molecule has 120 valence electrons. The summed E-state index contributed by atoms with van der Waals surface area (Å²) in [6.07, 6.45) is 0. The molecule has 9 heteroatoms. The van der Waals surface area contributed by atoms with Crippen LogP contribution < -0.4 is 15.4 Å². The van der Waals surface area contributed by atoms with Crippen molar-refractivity contribution in [1.82, 2.24) is 14.9 Å². The molecule has 1 aromatic rings. The first-order valence-corrected chi connectivity index (χ1v) is 8.30. The molecule has 1 heterocycles. The zero-order chi connectivity index (χ0) is 16.2. The number of rotatable bonds is 4. The molecule has 0 unspecified atom stereocenters. The van der Waals surface area contributed by atoms with E-state index in [2.05, 4.69) is 20.3 Å². The molecule has 0 bridgehead atoms. The largest absolute Gasteiger partial charge is 0.343 e.